The van der Waals surface area contributed by atoms with E-state index in [0.29, 0.717) is 0 Å². The molecule has 84 valence electrons. The van der Waals surface area contributed by atoms with Gasteiger partial charge in [0.25, 0.3) is 0 Å². The van der Waals surface area contributed by atoms with Gasteiger partial charge in [-0.2, -0.15) is 0 Å². The zero-order chi connectivity index (χ0) is 11.6. The van der Waals surface area contributed by atoms with Crippen molar-refractivity contribution < 1.29 is 0 Å². The first-order valence-corrected chi connectivity index (χ1v) is 6.67. The molecule has 0 spiro atoms. The summed E-state index contributed by atoms with van der Waals surface area (Å²) in [5.74, 6) is 0. The second kappa shape index (κ2) is 4.60. The van der Waals surface area contributed by atoms with Gasteiger partial charge in [0.05, 0.1) is 5.38 Å². The molecule has 0 N–H and O–H groups in total. The summed E-state index contributed by atoms with van der Waals surface area (Å²) in [6, 6.07) is 14.6. The Balaban J connectivity index is 2.32. The maximum absolute atomic E-state index is 6.58. The zero-order valence-electron chi connectivity index (χ0n) is 9.48. The first kappa shape index (κ1) is 11.7. The topological polar surface area (TPSA) is 0 Å². The van der Waals surface area contributed by atoms with Gasteiger partial charge >= 0.3 is 0 Å². The quantitative estimate of drug-likeness (QED) is 0.672. The molecule has 0 nitrogen and oxygen atoms in total. The smallest absolute Gasteiger partial charge is 0.0769 e. The molecule has 16 heavy (non-hydrogen) atoms. The van der Waals surface area contributed by atoms with Gasteiger partial charge in [0, 0.05) is 10.3 Å². The van der Waals surface area contributed by atoms with Gasteiger partial charge in [-0.1, -0.05) is 50.2 Å². The van der Waals surface area contributed by atoms with Gasteiger partial charge in [0.1, 0.15) is 0 Å². The monoisotopic (exact) mass is 250 g/mol. The van der Waals surface area contributed by atoms with E-state index in [4.69, 9.17) is 11.6 Å². The minimum absolute atomic E-state index is 0.0231. The SMILES string of the molecule is CC(C)(c1ccccc1)C(Cl)c1cccs1. The summed E-state index contributed by atoms with van der Waals surface area (Å²) in [6.45, 7) is 4.39. The number of benzene rings is 1. The normalized spacial score (nSPS) is 13.7. The molecule has 0 amide bonds. The molecule has 0 fully saturated rings. The van der Waals surface area contributed by atoms with E-state index >= 15 is 0 Å². The Hall–Kier alpha value is -0.790. The van der Waals surface area contributed by atoms with Crippen molar-refractivity contribution in [2.24, 2.45) is 0 Å². The zero-order valence-corrected chi connectivity index (χ0v) is 11.1. The highest BCUT2D eigenvalue weighted by Gasteiger charge is 2.31. The average Bonchev–Trinajstić information content (AvgIpc) is 2.82. The van der Waals surface area contributed by atoms with Crippen LogP contribution in [-0.4, -0.2) is 0 Å². The van der Waals surface area contributed by atoms with Gasteiger partial charge in [-0.25, -0.2) is 0 Å². The molecule has 2 rings (SSSR count). The van der Waals surface area contributed by atoms with E-state index < -0.39 is 0 Å². The summed E-state index contributed by atoms with van der Waals surface area (Å²) in [7, 11) is 0. The average molecular weight is 251 g/mol. The molecule has 0 bridgehead atoms. The summed E-state index contributed by atoms with van der Waals surface area (Å²) >= 11 is 8.30. The first-order valence-electron chi connectivity index (χ1n) is 5.35. The Bertz CT molecular complexity index is 431. The van der Waals surface area contributed by atoms with E-state index in [2.05, 4.69) is 55.6 Å². The second-order valence-corrected chi connectivity index (χ2v) is 5.88. The molecule has 1 unspecified atom stereocenters. The van der Waals surface area contributed by atoms with Crippen molar-refractivity contribution in [1.29, 1.82) is 0 Å². The molecule has 1 atom stereocenters. The second-order valence-electron chi connectivity index (χ2n) is 4.47. The van der Waals surface area contributed by atoms with Crippen LogP contribution in [0.25, 0.3) is 0 Å². The molecule has 0 saturated heterocycles. The molecule has 0 aliphatic heterocycles. The number of halogens is 1. The fourth-order valence-electron chi connectivity index (χ4n) is 1.81. The van der Waals surface area contributed by atoms with Crippen LogP contribution in [0.3, 0.4) is 0 Å². The number of thiophene rings is 1. The van der Waals surface area contributed by atoms with Crippen molar-refractivity contribution in [1.82, 2.24) is 0 Å². The predicted octanol–water partition coefficient (Wildman–Crippen LogP) is 5.01. The predicted molar refractivity (Wildman–Crippen MR) is 72.4 cm³/mol. The van der Waals surface area contributed by atoms with Crippen molar-refractivity contribution in [3.05, 3.63) is 58.3 Å². The van der Waals surface area contributed by atoms with Crippen LogP contribution in [0, 0.1) is 0 Å². The van der Waals surface area contributed by atoms with Gasteiger partial charge in [-0.3, -0.25) is 0 Å². The molecular formula is C14H15ClS. The van der Waals surface area contributed by atoms with Crippen LogP contribution >= 0.6 is 22.9 Å². The van der Waals surface area contributed by atoms with Crippen LogP contribution in [0.15, 0.2) is 47.8 Å². The number of alkyl halides is 1. The third-order valence-corrected chi connectivity index (χ3v) is 4.79. The molecular weight excluding hydrogens is 236 g/mol. The van der Waals surface area contributed by atoms with E-state index in [1.807, 2.05) is 6.07 Å². The van der Waals surface area contributed by atoms with Crippen molar-refractivity contribution >= 4 is 22.9 Å². The third kappa shape index (κ3) is 2.16. The van der Waals surface area contributed by atoms with Gasteiger partial charge in [0.15, 0.2) is 0 Å². The highest BCUT2D eigenvalue weighted by atomic mass is 35.5. The summed E-state index contributed by atoms with van der Waals surface area (Å²) in [4.78, 5) is 1.23. The third-order valence-electron chi connectivity index (χ3n) is 2.94. The highest BCUT2D eigenvalue weighted by Crippen LogP contribution is 2.42. The summed E-state index contributed by atoms with van der Waals surface area (Å²) in [5.41, 5.74) is 1.23. The van der Waals surface area contributed by atoms with Crippen molar-refractivity contribution in [3.63, 3.8) is 0 Å². The molecule has 2 aromatic rings. The van der Waals surface area contributed by atoms with Crippen LogP contribution in [0.1, 0.15) is 29.7 Å². The maximum atomic E-state index is 6.58. The van der Waals surface area contributed by atoms with Crippen molar-refractivity contribution in [2.45, 2.75) is 24.6 Å². The van der Waals surface area contributed by atoms with Crippen LogP contribution in [-0.2, 0) is 5.41 Å². The van der Waals surface area contributed by atoms with Crippen LogP contribution in [0.2, 0.25) is 0 Å². The van der Waals surface area contributed by atoms with Gasteiger partial charge in [-0.05, 0) is 17.0 Å². The van der Waals surface area contributed by atoms with E-state index in [-0.39, 0.29) is 10.8 Å². The van der Waals surface area contributed by atoms with Gasteiger partial charge < -0.3 is 0 Å². The number of rotatable bonds is 3. The molecule has 1 aromatic carbocycles. The Morgan fingerprint density at radius 1 is 1.06 bits per heavy atom. The lowest BCUT2D eigenvalue weighted by Gasteiger charge is -2.30. The Morgan fingerprint density at radius 3 is 2.31 bits per heavy atom. The molecule has 0 aliphatic rings. The lowest BCUT2D eigenvalue weighted by Crippen LogP contribution is -2.22. The van der Waals surface area contributed by atoms with Crippen LogP contribution < -0.4 is 0 Å². The number of hydrogen-bond acceptors (Lipinski definition) is 1. The van der Waals surface area contributed by atoms with Crippen LogP contribution in [0.5, 0.6) is 0 Å². The number of hydrogen-bond donors (Lipinski definition) is 0. The lowest BCUT2D eigenvalue weighted by molar-refractivity contribution is 0.509. The lowest BCUT2D eigenvalue weighted by atomic mass is 9.81. The minimum Gasteiger partial charge on any atom is -0.147 e. The van der Waals surface area contributed by atoms with E-state index in [9.17, 15) is 0 Å². The first-order chi connectivity index (χ1) is 7.62. The van der Waals surface area contributed by atoms with E-state index in [1.165, 1.54) is 10.4 Å². The summed E-state index contributed by atoms with van der Waals surface area (Å²) < 4.78 is 0. The van der Waals surface area contributed by atoms with E-state index in [1.54, 1.807) is 11.3 Å². The molecule has 0 aliphatic carbocycles. The molecule has 0 radical (unpaired) electrons. The highest BCUT2D eigenvalue weighted by molar-refractivity contribution is 7.10. The molecule has 0 saturated carbocycles. The Kier molecular flexibility index (Phi) is 3.36. The standard InChI is InChI=1S/C14H15ClS/c1-14(2,11-7-4-3-5-8-11)13(15)12-9-6-10-16-12/h3-10,13H,1-2H3. The van der Waals surface area contributed by atoms with Gasteiger partial charge in [-0.15, -0.1) is 22.9 Å². The summed E-state index contributed by atoms with van der Waals surface area (Å²) in [6.07, 6.45) is 0. The Labute approximate surface area is 106 Å². The maximum Gasteiger partial charge on any atom is 0.0769 e. The largest absolute Gasteiger partial charge is 0.147 e. The van der Waals surface area contributed by atoms with Crippen LogP contribution in [0.4, 0.5) is 0 Å². The van der Waals surface area contributed by atoms with Gasteiger partial charge in [0.2, 0.25) is 0 Å². The summed E-state index contributed by atoms with van der Waals surface area (Å²) in [5, 5.41) is 2.10. The van der Waals surface area contributed by atoms with Crippen molar-refractivity contribution in [2.75, 3.05) is 0 Å². The molecule has 1 aromatic heterocycles. The fraction of sp³-hybridized carbons (Fsp3) is 0.286. The van der Waals surface area contributed by atoms with Crippen molar-refractivity contribution in [3.8, 4) is 0 Å². The molecule has 2 heteroatoms. The minimum atomic E-state index is -0.0479. The Morgan fingerprint density at radius 2 is 1.75 bits per heavy atom. The van der Waals surface area contributed by atoms with E-state index in [0.717, 1.165) is 0 Å². The fourth-order valence-corrected chi connectivity index (χ4v) is 3.04. The molecule has 1 heterocycles.